The number of rotatable bonds is 4. The number of benzene rings is 2. The van der Waals surface area contributed by atoms with Crippen molar-refractivity contribution < 1.29 is 17.5 Å². The lowest BCUT2D eigenvalue weighted by atomic mass is 10.2. The summed E-state index contributed by atoms with van der Waals surface area (Å²) in [6.45, 7) is 1.84. The van der Waals surface area contributed by atoms with Gasteiger partial charge in [-0.15, -0.1) is 0 Å². The van der Waals surface area contributed by atoms with Crippen molar-refractivity contribution in [1.82, 2.24) is 0 Å². The molecular formula is C14H13BrFNO3S. The van der Waals surface area contributed by atoms with Gasteiger partial charge in [0.1, 0.15) is 16.5 Å². The first kappa shape index (κ1) is 15.8. The highest BCUT2D eigenvalue weighted by molar-refractivity contribution is 9.10. The van der Waals surface area contributed by atoms with Crippen LogP contribution in [0.5, 0.6) is 5.75 Å². The first-order chi connectivity index (χ1) is 9.83. The summed E-state index contributed by atoms with van der Waals surface area (Å²) in [6, 6.07) is 8.64. The Morgan fingerprint density at radius 1 is 1.19 bits per heavy atom. The Morgan fingerprint density at radius 3 is 2.52 bits per heavy atom. The molecule has 0 saturated carbocycles. The van der Waals surface area contributed by atoms with Gasteiger partial charge in [-0.3, -0.25) is 4.72 Å². The van der Waals surface area contributed by atoms with Gasteiger partial charge in [-0.05, 0) is 52.7 Å². The van der Waals surface area contributed by atoms with Crippen LogP contribution < -0.4 is 9.46 Å². The third kappa shape index (κ3) is 3.54. The van der Waals surface area contributed by atoms with Crippen molar-refractivity contribution in [1.29, 1.82) is 0 Å². The Kier molecular flexibility index (Phi) is 4.53. The summed E-state index contributed by atoms with van der Waals surface area (Å²) in [4.78, 5) is 0.0373. The van der Waals surface area contributed by atoms with Crippen LogP contribution in [0.4, 0.5) is 10.1 Å². The molecule has 2 aromatic rings. The normalized spacial score (nSPS) is 11.2. The van der Waals surface area contributed by atoms with Gasteiger partial charge in [-0.1, -0.05) is 6.07 Å². The minimum atomic E-state index is -3.90. The maximum absolute atomic E-state index is 13.7. The Balaban J connectivity index is 2.42. The van der Waals surface area contributed by atoms with Crippen molar-refractivity contribution in [3.63, 3.8) is 0 Å². The lowest BCUT2D eigenvalue weighted by Gasteiger charge is -2.11. The Hall–Kier alpha value is -1.60. The number of hydrogen-bond acceptors (Lipinski definition) is 3. The van der Waals surface area contributed by atoms with Crippen molar-refractivity contribution in [2.75, 3.05) is 11.8 Å². The van der Waals surface area contributed by atoms with E-state index in [0.717, 1.165) is 11.6 Å². The molecule has 4 nitrogen and oxygen atoms in total. The largest absolute Gasteiger partial charge is 0.497 e. The zero-order valence-electron chi connectivity index (χ0n) is 11.4. The molecule has 0 aliphatic rings. The highest BCUT2D eigenvalue weighted by Crippen LogP contribution is 2.27. The molecule has 112 valence electrons. The van der Waals surface area contributed by atoms with E-state index in [1.54, 1.807) is 12.1 Å². The molecular weight excluding hydrogens is 361 g/mol. The van der Waals surface area contributed by atoms with E-state index < -0.39 is 15.8 Å². The molecule has 1 N–H and O–H groups in total. The van der Waals surface area contributed by atoms with E-state index in [9.17, 15) is 12.8 Å². The van der Waals surface area contributed by atoms with Gasteiger partial charge in [0.15, 0.2) is 0 Å². The van der Waals surface area contributed by atoms with Crippen molar-refractivity contribution >= 4 is 31.6 Å². The predicted octanol–water partition coefficient (Wildman–Crippen LogP) is 3.71. The van der Waals surface area contributed by atoms with Crippen molar-refractivity contribution in [3.05, 3.63) is 52.3 Å². The Morgan fingerprint density at radius 2 is 1.90 bits per heavy atom. The second-order valence-corrected chi connectivity index (χ2v) is 6.89. The molecule has 0 aliphatic carbocycles. The maximum atomic E-state index is 13.7. The second-order valence-electron chi connectivity index (χ2n) is 4.39. The molecule has 0 spiro atoms. The summed E-state index contributed by atoms with van der Waals surface area (Å²) in [6.07, 6.45) is 0. The molecule has 0 atom stereocenters. The molecule has 0 fully saturated rings. The summed E-state index contributed by atoms with van der Waals surface area (Å²) >= 11 is 3.21. The van der Waals surface area contributed by atoms with Crippen LogP contribution in [0.2, 0.25) is 0 Å². The van der Waals surface area contributed by atoms with E-state index >= 15 is 0 Å². The van der Waals surface area contributed by atoms with Crippen LogP contribution >= 0.6 is 15.9 Å². The number of halogens is 2. The molecule has 0 bridgehead atoms. The first-order valence-electron chi connectivity index (χ1n) is 5.96. The van der Waals surface area contributed by atoms with Crippen LogP contribution in [0, 0.1) is 12.7 Å². The van der Waals surface area contributed by atoms with Crippen LogP contribution in [-0.4, -0.2) is 15.5 Å². The molecule has 0 heterocycles. The van der Waals surface area contributed by atoms with Crippen LogP contribution in [0.15, 0.2) is 45.8 Å². The number of aryl methyl sites for hydroxylation is 1. The molecule has 0 aromatic heterocycles. The average molecular weight is 374 g/mol. The molecule has 0 amide bonds. The fourth-order valence-corrected chi connectivity index (χ4v) is 3.98. The SMILES string of the molecule is COc1ccc(F)c(NS(=O)(=O)c2ccc(C)cc2Br)c1. The van der Waals surface area contributed by atoms with Gasteiger partial charge in [0.25, 0.3) is 10.0 Å². The summed E-state index contributed by atoms with van der Waals surface area (Å²) < 4.78 is 46.0. The van der Waals surface area contributed by atoms with Gasteiger partial charge in [-0.25, -0.2) is 12.8 Å². The van der Waals surface area contributed by atoms with Gasteiger partial charge >= 0.3 is 0 Å². The molecule has 2 aromatic carbocycles. The van der Waals surface area contributed by atoms with Crippen molar-refractivity contribution in [2.45, 2.75) is 11.8 Å². The molecule has 0 saturated heterocycles. The fraction of sp³-hybridized carbons (Fsp3) is 0.143. The number of anilines is 1. The number of methoxy groups -OCH3 is 1. The van der Waals surface area contributed by atoms with E-state index in [2.05, 4.69) is 20.7 Å². The smallest absolute Gasteiger partial charge is 0.263 e. The lowest BCUT2D eigenvalue weighted by Crippen LogP contribution is -2.14. The molecule has 21 heavy (non-hydrogen) atoms. The van der Waals surface area contributed by atoms with Crippen LogP contribution in [0.25, 0.3) is 0 Å². The van der Waals surface area contributed by atoms with Gasteiger partial charge in [0.05, 0.1) is 12.8 Å². The topological polar surface area (TPSA) is 55.4 Å². The third-order valence-corrected chi connectivity index (χ3v) is 5.14. The minimum absolute atomic E-state index is 0.0373. The van der Waals surface area contributed by atoms with Gasteiger partial charge in [-0.2, -0.15) is 0 Å². The highest BCUT2D eigenvalue weighted by Gasteiger charge is 2.19. The average Bonchev–Trinajstić information content (AvgIpc) is 2.40. The maximum Gasteiger partial charge on any atom is 0.263 e. The highest BCUT2D eigenvalue weighted by atomic mass is 79.9. The lowest BCUT2D eigenvalue weighted by molar-refractivity contribution is 0.414. The van der Waals surface area contributed by atoms with Crippen molar-refractivity contribution in [2.24, 2.45) is 0 Å². The van der Waals surface area contributed by atoms with E-state index in [4.69, 9.17) is 4.74 Å². The van der Waals surface area contributed by atoms with E-state index in [-0.39, 0.29) is 10.6 Å². The zero-order valence-corrected chi connectivity index (χ0v) is 13.8. The fourth-order valence-electron chi connectivity index (χ4n) is 1.73. The van der Waals surface area contributed by atoms with Gasteiger partial charge in [0.2, 0.25) is 0 Å². The predicted molar refractivity (Wildman–Crippen MR) is 82.6 cm³/mol. The van der Waals surface area contributed by atoms with Gasteiger partial charge in [0, 0.05) is 10.5 Å². The van der Waals surface area contributed by atoms with E-state index in [1.807, 2.05) is 6.92 Å². The van der Waals surface area contributed by atoms with E-state index in [1.165, 1.54) is 25.3 Å². The van der Waals surface area contributed by atoms with Crippen molar-refractivity contribution in [3.8, 4) is 5.75 Å². The van der Waals surface area contributed by atoms with Crippen LogP contribution in [-0.2, 0) is 10.0 Å². The number of nitrogens with one attached hydrogen (secondary N) is 1. The van der Waals surface area contributed by atoms with Crippen LogP contribution in [0.1, 0.15) is 5.56 Å². The quantitative estimate of drug-likeness (QED) is 0.888. The zero-order chi connectivity index (χ0) is 15.6. The number of sulfonamides is 1. The third-order valence-electron chi connectivity index (χ3n) is 2.79. The minimum Gasteiger partial charge on any atom is -0.497 e. The molecule has 0 radical (unpaired) electrons. The summed E-state index contributed by atoms with van der Waals surface area (Å²) in [7, 11) is -2.48. The first-order valence-corrected chi connectivity index (χ1v) is 8.23. The standard InChI is InChI=1S/C14H13BrFNO3S/c1-9-3-6-14(11(15)7-9)21(18,19)17-13-8-10(20-2)4-5-12(13)16/h3-8,17H,1-2H3. The monoisotopic (exact) mass is 373 g/mol. The van der Waals surface area contributed by atoms with Gasteiger partial charge < -0.3 is 4.74 Å². The Bertz CT molecular complexity index is 778. The Labute approximate surface area is 131 Å². The summed E-state index contributed by atoms with van der Waals surface area (Å²) in [5, 5.41) is 0. The second kappa shape index (κ2) is 6.03. The van der Waals surface area contributed by atoms with Crippen LogP contribution in [0.3, 0.4) is 0 Å². The molecule has 0 aliphatic heterocycles. The van der Waals surface area contributed by atoms with E-state index in [0.29, 0.717) is 10.2 Å². The molecule has 0 unspecified atom stereocenters. The molecule has 2 rings (SSSR count). The molecule has 7 heteroatoms. The summed E-state index contributed by atoms with van der Waals surface area (Å²) in [5.74, 6) is -0.320. The number of ether oxygens (including phenoxy) is 1. The number of hydrogen-bond donors (Lipinski definition) is 1. The summed E-state index contributed by atoms with van der Waals surface area (Å²) in [5.41, 5.74) is 0.746.